The number of aromatic nitrogens is 3. The van der Waals surface area contributed by atoms with E-state index in [4.69, 9.17) is 4.74 Å². The zero-order valence-electron chi connectivity index (χ0n) is 13.6. The van der Waals surface area contributed by atoms with Gasteiger partial charge in [-0.2, -0.15) is 5.10 Å². The molecule has 0 saturated heterocycles. The minimum Gasteiger partial charge on any atom is -0.487 e. The maximum Gasteiger partial charge on any atom is 0.137 e. The molecule has 1 N–H and O–H groups in total. The Balaban J connectivity index is 1.44. The van der Waals surface area contributed by atoms with E-state index in [2.05, 4.69) is 46.6 Å². The lowest BCUT2D eigenvalue weighted by Gasteiger charge is -2.48. The summed E-state index contributed by atoms with van der Waals surface area (Å²) in [6.45, 7) is 3.15. The fourth-order valence-electron chi connectivity index (χ4n) is 3.75. The Labute approximate surface area is 137 Å². The first-order valence-electron chi connectivity index (χ1n) is 8.61. The van der Waals surface area contributed by atoms with Crippen molar-refractivity contribution >= 4 is 0 Å². The monoisotopic (exact) mass is 312 g/mol. The smallest absolute Gasteiger partial charge is 0.137 e. The lowest BCUT2D eigenvalue weighted by molar-refractivity contribution is -0.0379. The Hall–Kier alpha value is -1.88. The summed E-state index contributed by atoms with van der Waals surface area (Å²) in [7, 11) is 0. The molecule has 1 aliphatic carbocycles. The van der Waals surface area contributed by atoms with Crippen molar-refractivity contribution in [3.05, 3.63) is 42.5 Å². The lowest BCUT2D eigenvalue weighted by Crippen LogP contribution is -2.50. The molecule has 23 heavy (non-hydrogen) atoms. The van der Waals surface area contributed by atoms with Crippen LogP contribution < -0.4 is 10.1 Å². The van der Waals surface area contributed by atoms with Gasteiger partial charge in [-0.25, -0.2) is 4.98 Å². The maximum atomic E-state index is 6.32. The molecule has 2 aliphatic rings. The minimum absolute atomic E-state index is 0.0810. The molecule has 1 aromatic heterocycles. The van der Waals surface area contributed by atoms with E-state index < -0.39 is 0 Å². The number of nitrogens with one attached hydrogen (secondary N) is 1. The summed E-state index contributed by atoms with van der Waals surface area (Å²) in [6.07, 6.45) is 9.15. The van der Waals surface area contributed by atoms with Crippen LogP contribution in [0.4, 0.5) is 0 Å². The van der Waals surface area contributed by atoms with E-state index in [0.29, 0.717) is 12.1 Å². The van der Waals surface area contributed by atoms with Gasteiger partial charge in [0.25, 0.3) is 0 Å². The second kappa shape index (κ2) is 5.96. The highest BCUT2D eigenvalue weighted by Gasteiger charge is 2.45. The van der Waals surface area contributed by atoms with Crippen molar-refractivity contribution in [1.82, 2.24) is 20.1 Å². The SMILES string of the molecule is C[C@@H](CCn1cncn1)N[C@H]1CC2(CCC2)Oc2ccccc21. The molecule has 5 heteroatoms. The van der Waals surface area contributed by atoms with Crippen LogP contribution in [0.1, 0.15) is 50.6 Å². The van der Waals surface area contributed by atoms with Crippen molar-refractivity contribution in [3.63, 3.8) is 0 Å². The van der Waals surface area contributed by atoms with Crippen molar-refractivity contribution in [2.24, 2.45) is 0 Å². The summed E-state index contributed by atoms with van der Waals surface area (Å²) in [5.41, 5.74) is 1.38. The van der Waals surface area contributed by atoms with E-state index in [0.717, 1.165) is 25.1 Å². The molecule has 2 aromatic rings. The largest absolute Gasteiger partial charge is 0.487 e. The fourth-order valence-corrected chi connectivity index (χ4v) is 3.75. The third kappa shape index (κ3) is 2.98. The van der Waals surface area contributed by atoms with Crippen LogP contribution in [0, 0.1) is 0 Å². The average molecular weight is 312 g/mol. The maximum absolute atomic E-state index is 6.32. The highest BCUT2D eigenvalue weighted by Crippen LogP contribution is 2.48. The summed E-state index contributed by atoms with van der Waals surface area (Å²) >= 11 is 0. The molecular formula is C18H24N4O. The van der Waals surface area contributed by atoms with Crippen molar-refractivity contribution in [2.75, 3.05) is 0 Å². The van der Waals surface area contributed by atoms with Crippen LogP contribution in [0.15, 0.2) is 36.9 Å². The molecule has 122 valence electrons. The number of hydrogen-bond donors (Lipinski definition) is 1. The Bertz CT molecular complexity index is 651. The zero-order chi connectivity index (χ0) is 15.7. The van der Waals surface area contributed by atoms with Gasteiger partial charge >= 0.3 is 0 Å². The van der Waals surface area contributed by atoms with Gasteiger partial charge in [-0.15, -0.1) is 0 Å². The Morgan fingerprint density at radius 3 is 3.00 bits per heavy atom. The van der Waals surface area contributed by atoms with Crippen molar-refractivity contribution in [1.29, 1.82) is 0 Å². The highest BCUT2D eigenvalue weighted by atomic mass is 16.5. The number of fused-ring (bicyclic) bond motifs is 1. The molecule has 4 rings (SSSR count). The normalized spacial score (nSPS) is 22.9. The van der Waals surface area contributed by atoms with Gasteiger partial charge in [0, 0.05) is 30.6 Å². The van der Waals surface area contributed by atoms with E-state index in [1.807, 2.05) is 4.68 Å². The Kier molecular flexibility index (Phi) is 3.81. The molecule has 2 heterocycles. The molecule has 0 amide bonds. The molecule has 5 nitrogen and oxygen atoms in total. The first-order valence-corrected chi connectivity index (χ1v) is 8.61. The number of benzene rings is 1. The van der Waals surface area contributed by atoms with Crippen LogP contribution >= 0.6 is 0 Å². The van der Waals surface area contributed by atoms with E-state index >= 15 is 0 Å². The van der Waals surface area contributed by atoms with Crippen LogP contribution in [-0.2, 0) is 6.54 Å². The van der Waals surface area contributed by atoms with Gasteiger partial charge in [-0.3, -0.25) is 4.68 Å². The molecule has 0 bridgehead atoms. The fraction of sp³-hybridized carbons (Fsp3) is 0.556. The Morgan fingerprint density at radius 2 is 2.26 bits per heavy atom. The predicted molar refractivity (Wildman–Crippen MR) is 88.2 cm³/mol. The van der Waals surface area contributed by atoms with Gasteiger partial charge in [0.1, 0.15) is 24.0 Å². The van der Waals surface area contributed by atoms with Crippen LogP contribution in [0.5, 0.6) is 5.75 Å². The summed E-state index contributed by atoms with van der Waals surface area (Å²) in [5, 5.41) is 7.99. The van der Waals surface area contributed by atoms with Gasteiger partial charge in [0.05, 0.1) is 0 Å². The third-order valence-corrected chi connectivity index (χ3v) is 5.21. The molecule has 2 atom stereocenters. The highest BCUT2D eigenvalue weighted by molar-refractivity contribution is 5.39. The van der Waals surface area contributed by atoms with Gasteiger partial charge in [-0.1, -0.05) is 18.2 Å². The second-order valence-electron chi connectivity index (χ2n) is 6.95. The minimum atomic E-state index is 0.0810. The van der Waals surface area contributed by atoms with E-state index in [1.54, 1.807) is 12.7 Å². The second-order valence-corrected chi connectivity index (χ2v) is 6.95. The first kappa shape index (κ1) is 14.7. The van der Waals surface area contributed by atoms with E-state index in [9.17, 15) is 0 Å². The molecule has 1 saturated carbocycles. The third-order valence-electron chi connectivity index (χ3n) is 5.21. The van der Waals surface area contributed by atoms with Gasteiger partial charge in [0.2, 0.25) is 0 Å². The first-order chi connectivity index (χ1) is 11.2. The number of nitrogens with zero attached hydrogens (tertiary/aromatic N) is 3. The quantitative estimate of drug-likeness (QED) is 0.922. The van der Waals surface area contributed by atoms with E-state index in [-0.39, 0.29) is 5.60 Å². The molecule has 0 unspecified atom stereocenters. The summed E-state index contributed by atoms with van der Waals surface area (Å²) in [6, 6.07) is 9.29. The number of rotatable bonds is 5. The number of ether oxygens (including phenoxy) is 1. The van der Waals surface area contributed by atoms with Crippen LogP contribution in [0.2, 0.25) is 0 Å². The summed E-state index contributed by atoms with van der Waals surface area (Å²) < 4.78 is 8.22. The van der Waals surface area contributed by atoms with Crippen molar-refractivity contribution < 1.29 is 4.74 Å². The number of hydrogen-bond acceptors (Lipinski definition) is 4. The van der Waals surface area contributed by atoms with Gasteiger partial charge < -0.3 is 10.1 Å². The summed E-state index contributed by atoms with van der Waals surface area (Å²) in [5.74, 6) is 1.07. The molecule has 0 radical (unpaired) electrons. The average Bonchev–Trinajstić information content (AvgIpc) is 3.05. The van der Waals surface area contributed by atoms with Crippen molar-refractivity contribution in [2.45, 2.75) is 63.3 Å². The number of para-hydroxylation sites is 1. The van der Waals surface area contributed by atoms with Crippen LogP contribution in [-0.4, -0.2) is 26.4 Å². The zero-order valence-corrected chi connectivity index (χ0v) is 13.6. The molecule has 1 fully saturated rings. The van der Waals surface area contributed by atoms with Crippen LogP contribution in [0.3, 0.4) is 0 Å². The molecule has 1 aliphatic heterocycles. The number of aryl methyl sites for hydroxylation is 1. The topological polar surface area (TPSA) is 52.0 Å². The van der Waals surface area contributed by atoms with E-state index in [1.165, 1.54) is 24.8 Å². The summed E-state index contributed by atoms with van der Waals surface area (Å²) in [4.78, 5) is 4.00. The predicted octanol–water partition coefficient (Wildman–Crippen LogP) is 3.09. The van der Waals surface area contributed by atoms with Gasteiger partial charge in [-0.05, 0) is 38.7 Å². The van der Waals surface area contributed by atoms with Crippen molar-refractivity contribution in [3.8, 4) is 5.75 Å². The van der Waals surface area contributed by atoms with Gasteiger partial charge in [0.15, 0.2) is 0 Å². The standard InChI is InChI=1S/C18H24N4O/c1-14(7-10-22-13-19-12-20-22)21-16-11-18(8-4-9-18)23-17-6-3-2-5-15(16)17/h2-3,5-6,12-14,16,21H,4,7-11H2,1H3/t14-,16-/m0/s1. The Morgan fingerprint density at radius 1 is 1.39 bits per heavy atom. The van der Waals surface area contributed by atoms with Crippen LogP contribution in [0.25, 0.3) is 0 Å². The molecule has 1 aromatic carbocycles. The molecule has 1 spiro atoms. The lowest BCUT2D eigenvalue weighted by atomic mass is 9.73. The molecular weight excluding hydrogens is 288 g/mol.